The number of para-hydroxylation sites is 1. The highest BCUT2D eigenvalue weighted by Gasteiger charge is 2.21. The number of aromatic nitrogens is 6. The fraction of sp³-hybridized carbons (Fsp3) is 0.263. The Morgan fingerprint density at radius 2 is 0.937 bits per heavy atom. The van der Waals surface area contributed by atoms with Gasteiger partial charge < -0.3 is 45.5 Å². The van der Waals surface area contributed by atoms with E-state index in [1.165, 1.54) is 67.4 Å². The molecule has 0 spiro atoms. The first-order valence-electron chi connectivity index (χ1n) is 31.8. The predicted octanol–water partition coefficient (Wildman–Crippen LogP) is 19.9. The molecule has 1 saturated carbocycles. The van der Waals surface area contributed by atoms with E-state index in [0.29, 0.717) is 40.7 Å². The minimum atomic E-state index is 0.0546. The van der Waals surface area contributed by atoms with Crippen LogP contribution in [0.15, 0.2) is 174 Å². The molecule has 1 aliphatic carbocycles. The largest absolute Gasteiger partial charge is 0.493 e. The molecule has 5 heterocycles. The van der Waals surface area contributed by atoms with Gasteiger partial charge in [0, 0.05) is 82.1 Å². The lowest BCUT2D eigenvalue weighted by molar-refractivity contribution is 0.356. The molecule has 0 saturated heterocycles. The number of hydrogen-bond acceptors (Lipinski definition) is 17. The van der Waals surface area contributed by atoms with E-state index in [9.17, 15) is 0 Å². The van der Waals surface area contributed by atoms with Crippen LogP contribution >= 0.6 is 50.2 Å². The average Bonchev–Trinajstić information content (AvgIpc) is 1.18. The van der Waals surface area contributed by atoms with Gasteiger partial charge in [-0.2, -0.15) is 0 Å². The molecule has 12 aromatic rings. The lowest BCUT2D eigenvalue weighted by Crippen LogP contribution is -2.25. The molecule has 15 nitrogen and oxygen atoms in total. The zero-order chi connectivity index (χ0) is 66.5. The number of thiophene rings is 2. The van der Waals surface area contributed by atoms with E-state index < -0.39 is 0 Å². The number of rotatable bonds is 21. The number of halogens is 2. The summed E-state index contributed by atoms with van der Waals surface area (Å²) in [6, 6.07) is 58.9. The van der Waals surface area contributed by atoms with E-state index in [4.69, 9.17) is 40.5 Å². The van der Waals surface area contributed by atoms with Crippen molar-refractivity contribution in [1.29, 1.82) is 0 Å². The Morgan fingerprint density at radius 1 is 0.474 bits per heavy atom. The maximum atomic E-state index is 6.07. The summed E-state index contributed by atoms with van der Waals surface area (Å²) in [7, 11) is 6.54. The van der Waals surface area contributed by atoms with Gasteiger partial charge in [0.2, 0.25) is 0 Å². The fourth-order valence-corrected chi connectivity index (χ4v) is 14.4. The normalized spacial score (nSPS) is 13.1. The van der Waals surface area contributed by atoms with Gasteiger partial charge in [-0.3, -0.25) is 0 Å². The topological polar surface area (TPSA) is 174 Å². The third-order valence-corrected chi connectivity index (χ3v) is 20.0. The molecule has 19 heteroatoms. The molecule has 3 atom stereocenters. The molecule has 488 valence electrons. The predicted molar refractivity (Wildman–Crippen MR) is 397 cm³/mol. The van der Waals surface area contributed by atoms with Crippen LogP contribution in [0.5, 0.6) is 23.0 Å². The quantitative estimate of drug-likeness (QED) is 0.0459. The number of nitrogens with one attached hydrogen (secondary N) is 5. The molecule has 1 aliphatic rings. The zero-order valence-corrected chi connectivity index (χ0v) is 59.1. The van der Waals surface area contributed by atoms with E-state index in [0.717, 1.165) is 89.8 Å². The Labute approximate surface area is 577 Å². The Hall–Kier alpha value is -8.91. The molecule has 2 unspecified atom stereocenters. The zero-order valence-electron chi connectivity index (χ0n) is 55.1. The van der Waals surface area contributed by atoms with E-state index in [1.54, 1.807) is 39.8 Å². The summed E-state index contributed by atoms with van der Waals surface area (Å²) in [5, 5.41) is 21.5. The van der Waals surface area contributed by atoms with E-state index in [2.05, 4.69) is 174 Å². The first-order valence-corrected chi connectivity index (χ1v) is 34.6. The highest BCUT2D eigenvalue weighted by molar-refractivity contribution is 9.10. The summed E-state index contributed by atoms with van der Waals surface area (Å²) in [4.78, 5) is 32.7. The smallest absolute Gasteiger partial charge is 0.162 e. The van der Waals surface area contributed by atoms with Crippen molar-refractivity contribution in [1.82, 2.24) is 35.2 Å². The highest BCUT2D eigenvalue weighted by atomic mass is 79.9. The van der Waals surface area contributed by atoms with Gasteiger partial charge in [-0.05, 0) is 161 Å². The standard InChI is InChI=1S/C30H30N4O2S.C29H34N4O2S.C17H15BrClN3/c1-19(32-30-24-16-26(35-3)27(36-4)17-25(24)33-20(2)34-30)28-14-15-29(37-28)23-13-9-8-10-21(23)18-31-22-11-6-5-7-12-22;1-18(31-29-23-15-25(34-3)26(35-4)16-24(23)32-19(2)33-29)27-13-14-28(36-27)22-12-8-5-9-20(22)17-30-21-10-6-7-11-21;1-10(12-4-3-5-14(19)8-12)20-17-15-9-13(18)6-7-16(15)21-11(2)22-17/h5-17,19,31H,18H2,1-4H3,(H,32,33,34);5,8-9,12-16,18,21,30H,6-7,10-11,17H2,1-4H3,(H,31,32,33);3-10H,1-2H3,(H,20,21,22)/t;;10-/m..1/s1. The number of anilines is 4. The molecule has 95 heavy (non-hydrogen) atoms. The second-order valence-corrected chi connectivity index (χ2v) is 27.0. The lowest BCUT2D eigenvalue weighted by Gasteiger charge is -2.17. The maximum absolute atomic E-state index is 6.07. The van der Waals surface area contributed by atoms with Crippen LogP contribution in [-0.2, 0) is 13.1 Å². The number of fused-ring (bicyclic) bond motifs is 3. The van der Waals surface area contributed by atoms with E-state index in [1.807, 2.05) is 111 Å². The Bertz CT molecular complexity index is 4610. The first-order chi connectivity index (χ1) is 46.1. The van der Waals surface area contributed by atoms with Gasteiger partial charge in [0.1, 0.15) is 34.9 Å². The van der Waals surface area contributed by atoms with Crippen LogP contribution in [0.2, 0.25) is 5.02 Å². The Kier molecular flexibility index (Phi) is 22.4. The molecule has 1 fully saturated rings. The van der Waals surface area contributed by atoms with Crippen LogP contribution < -0.4 is 45.5 Å². The number of ether oxygens (including phenoxy) is 4. The molecule has 0 aliphatic heterocycles. The SMILES string of the molecule is COc1cc2nc(C)nc(NC(C)c3ccc(-c4ccccc4CNC4CCCC4)s3)c2cc1OC.COc1cc2nc(C)nc(NC(C)c3ccc(-c4ccccc4CNc4ccccc4)s3)c2cc1OC.Cc1nc(N[C@H](C)c2cccc(Cl)c2)c2cc(Br)ccc2n1. The number of hydrogen-bond donors (Lipinski definition) is 5. The summed E-state index contributed by atoms with van der Waals surface area (Å²) < 4.78 is 23.0. The van der Waals surface area contributed by atoms with Crippen LogP contribution in [-0.4, -0.2) is 64.4 Å². The van der Waals surface area contributed by atoms with E-state index in [-0.39, 0.29) is 18.1 Å². The van der Waals surface area contributed by atoms with Crippen molar-refractivity contribution in [2.45, 2.75) is 104 Å². The third-order valence-electron chi connectivity index (χ3n) is 16.7. The second kappa shape index (κ2) is 31.6. The molecule has 5 N–H and O–H groups in total. The van der Waals surface area contributed by atoms with Crippen LogP contribution in [0.25, 0.3) is 53.6 Å². The van der Waals surface area contributed by atoms with Gasteiger partial charge in [-0.1, -0.05) is 119 Å². The summed E-state index contributed by atoms with van der Waals surface area (Å²) in [5.74, 6) is 7.17. The van der Waals surface area contributed by atoms with Gasteiger partial charge >= 0.3 is 0 Å². The molecule has 0 bridgehead atoms. The number of benzene rings is 7. The van der Waals surface area contributed by atoms with Crippen molar-refractivity contribution >= 4 is 106 Å². The number of methoxy groups -OCH3 is 4. The molecule has 7 aromatic carbocycles. The molecule has 0 amide bonds. The fourth-order valence-electron chi connectivity index (χ4n) is 11.7. The van der Waals surface area contributed by atoms with Crippen molar-refractivity contribution in [3.63, 3.8) is 0 Å². The van der Waals surface area contributed by atoms with Crippen molar-refractivity contribution in [2.75, 3.05) is 49.7 Å². The van der Waals surface area contributed by atoms with Crippen LogP contribution in [0, 0.1) is 20.8 Å². The van der Waals surface area contributed by atoms with Gasteiger partial charge in [-0.25, -0.2) is 29.9 Å². The van der Waals surface area contributed by atoms with Crippen LogP contribution in [0.1, 0.15) is 108 Å². The number of nitrogens with zero attached hydrogens (tertiary/aromatic N) is 6. The van der Waals surface area contributed by atoms with Crippen molar-refractivity contribution in [3.8, 4) is 43.9 Å². The Balaban J connectivity index is 0.000000150. The highest BCUT2D eigenvalue weighted by Crippen LogP contribution is 2.41. The third kappa shape index (κ3) is 16.8. The van der Waals surface area contributed by atoms with Gasteiger partial charge in [0.25, 0.3) is 0 Å². The monoisotopic (exact) mass is 1390 g/mol. The molecular weight excluding hydrogens is 1310 g/mol. The Morgan fingerprint density at radius 3 is 1.45 bits per heavy atom. The van der Waals surface area contributed by atoms with Crippen LogP contribution in [0.3, 0.4) is 0 Å². The lowest BCUT2D eigenvalue weighted by atomic mass is 10.1. The summed E-state index contributed by atoms with van der Waals surface area (Å²) in [6.45, 7) is 13.8. The van der Waals surface area contributed by atoms with E-state index >= 15 is 0 Å². The van der Waals surface area contributed by atoms with Gasteiger partial charge in [0.15, 0.2) is 23.0 Å². The molecular formula is C76H79BrClN11O4S2. The van der Waals surface area contributed by atoms with Gasteiger partial charge in [0.05, 0.1) is 63.1 Å². The average molecular weight is 1390 g/mol. The van der Waals surface area contributed by atoms with Crippen LogP contribution in [0.4, 0.5) is 23.1 Å². The van der Waals surface area contributed by atoms with Crippen molar-refractivity contribution in [3.05, 3.63) is 223 Å². The summed E-state index contributed by atoms with van der Waals surface area (Å²) in [5.41, 5.74) is 9.97. The number of aryl methyl sites for hydroxylation is 3. The summed E-state index contributed by atoms with van der Waals surface area (Å²) >= 11 is 13.2. The minimum Gasteiger partial charge on any atom is -0.493 e. The molecule has 13 rings (SSSR count). The molecule has 5 aromatic heterocycles. The van der Waals surface area contributed by atoms with Crippen molar-refractivity contribution < 1.29 is 18.9 Å². The summed E-state index contributed by atoms with van der Waals surface area (Å²) in [6.07, 6.45) is 5.29. The van der Waals surface area contributed by atoms with Gasteiger partial charge in [-0.15, -0.1) is 22.7 Å². The maximum Gasteiger partial charge on any atom is 0.162 e. The minimum absolute atomic E-state index is 0.0546. The first kappa shape index (κ1) is 67.5. The van der Waals surface area contributed by atoms with Crippen molar-refractivity contribution in [2.24, 2.45) is 0 Å². The molecule has 0 radical (unpaired) electrons. The second-order valence-electron chi connectivity index (χ2n) is 23.4.